The summed E-state index contributed by atoms with van der Waals surface area (Å²) in [5, 5.41) is 26.5. The van der Waals surface area contributed by atoms with Crippen LogP contribution < -0.4 is 16.4 Å². The van der Waals surface area contributed by atoms with E-state index in [1.54, 1.807) is 13.8 Å². The number of nitrogens with zero attached hydrogens (tertiary/aromatic N) is 2. The fraction of sp³-hybridized carbons (Fsp3) is 0.600. The second-order valence-corrected chi connectivity index (χ2v) is 5.53. The molecule has 0 bridgehead atoms. The molecule has 0 fully saturated rings. The van der Waals surface area contributed by atoms with E-state index < -0.39 is 28.8 Å². The summed E-state index contributed by atoms with van der Waals surface area (Å²) in [6.45, 7) is 5.42. The van der Waals surface area contributed by atoms with Crippen LogP contribution in [0.3, 0.4) is 0 Å². The van der Waals surface area contributed by atoms with E-state index in [2.05, 4.69) is 15.6 Å². The minimum atomic E-state index is -0.743. The van der Waals surface area contributed by atoms with Crippen LogP contribution in [-0.4, -0.2) is 39.9 Å². The summed E-state index contributed by atoms with van der Waals surface area (Å²) in [7, 11) is 0. The van der Waals surface area contributed by atoms with Crippen molar-refractivity contribution in [3.8, 4) is 0 Å². The molecule has 0 aliphatic carbocycles. The quantitative estimate of drug-likeness (QED) is 0.389. The van der Waals surface area contributed by atoms with Crippen LogP contribution in [0.15, 0.2) is 6.07 Å². The van der Waals surface area contributed by atoms with Gasteiger partial charge in [0.25, 0.3) is 0 Å². The number of nitrogen functional groups attached to an aromatic ring is 1. The van der Waals surface area contributed by atoms with Crippen molar-refractivity contribution in [1.82, 2.24) is 4.98 Å². The number of pyridine rings is 1. The van der Waals surface area contributed by atoms with E-state index in [0.717, 1.165) is 12.8 Å². The first kappa shape index (κ1) is 20.4. The third kappa shape index (κ3) is 6.07. The zero-order valence-corrected chi connectivity index (χ0v) is 14.6. The van der Waals surface area contributed by atoms with E-state index in [1.165, 1.54) is 6.07 Å². The Bertz CT molecular complexity index is 608. The smallest absolute Gasteiger partial charge is 0.412 e. The van der Waals surface area contributed by atoms with Crippen LogP contribution in [0.4, 0.5) is 27.8 Å². The third-order valence-corrected chi connectivity index (χ3v) is 3.50. The Labute approximate surface area is 145 Å². The summed E-state index contributed by atoms with van der Waals surface area (Å²) in [4.78, 5) is 26.0. The number of nitrogens with one attached hydrogen (secondary N) is 2. The van der Waals surface area contributed by atoms with Gasteiger partial charge >= 0.3 is 11.8 Å². The molecular weight excluding hydrogens is 330 g/mol. The highest BCUT2D eigenvalue weighted by Crippen LogP contribution is 2.33. The number of amides is 1. The van der Waals surface area contributed by atoms with Gasteiger partial charge in [0.2, 0.25) is 5.82 Å². The monoisotopic (exact) mass is 355 g/mol. The highest BCUT2D eigenvalue weighted by Gasteiger charge is 2.25. The molecule has 10 heteroatoms. The molecule has 0 aliphatic rings. The van der Waals surface area contributed by atoms with Crippen LogP contribution in [0.25, 0.3) is 0 Å². The van der Waals surface area contributed by atoms with Gasteiger partial charge in [-0.25, -0.2) is 9.78 Å². The number of hydrogen-bond acceptors (Lipinski definition) is 8. The molecule has 1 aromatic rings. The van der Waals surface area contributed by atoms with Crippen LogP contribution in [0.1, 0.15) is 40.0 Å². The molecule has 140 valence electrons. The van der Waals surface area contributed by atoms with Gasteiger partial charge < -0.3 is 20.9 Å². The standard InChI is InChI=1S/C15H25N5O5/c1-4-6-7-10(9(3)21)17-11-8-12(19-15(22)25-5-2)18-14(16)13(11)20(23)24/h8-10,21H,4-7H2,1-3H3,(H4,16,17,18,19,22). The van der Waals surface area contributed by atoms with Crippen molar-refractivity contribution in [2.24, 2.45) is 0 Å². The number of nitrogens with two attached hydrogens (primary N) is 1. The van der Waals surface area contributed by atoms with E-state index in [1.807, 2.05) is 6.92 Å². The van der Waals surface area contributed by atoms with E-state index in [0.29, 0.717) is 6.42 Å². The maximum atomic E-state index is 11.5. The lowest BCUT2D eigenvalue weighted by molar-refractivity contribution is -0.383. The molecule has 0 aliphatic heterocycles. The molecule has 0 saturated carbocycles. The zero-order valence-electron chi connectivity index (χ0n) is 14.6. The van der Waals surface area contributed by atoms with Gasteiger partial charge in [-0.15, -0.1) is 0 Å². The number of carbonyl (C=O) groups is 1. The predicted octanol–water partition coefficient (Wildman–Crippen LogP) is 2.49. The Hall–Kier alpha value is -2.62. The molecule has 1 amide bonds. The Morgan fingerprint density at radius 2 is 2.20 bits per heavy atom. The molecule has 1 aromatic heterocycles. The average Bonchev–Trinajstić information content (AvgIpc) is 2.50. The SMILES string of the molecule is CCCCC(Nc1cc(NC(=O)OCC)nc(N)c1[N+](=O)[O-])C(C)O. The van der Waals surface area contributed by atoms with Crippen molar-refractivity contribution in [3.05, 3.63) is 16.2 Å². The summed E-state index contributed by atoms with van der Waals surface area (Å²) < 4.78 is 4.75. The van der Waals surface area contributed by atoms with Crippen molar-refractivity contribution in [3.63, 3.8) is 0 Å². The fourth-order valence-electron chi connectivity index (χ4n) is 2.25. The number of anilines is 3. The van der Waals surface area contributed by atoms with Crippen LogP contribution in [-0.2, 0) is 4.74 Å². The number of aliphatic hydroxyl groups excluding tert-OH is 1. The average molecular weight is 355 g/mol. The number of rotatable bonds is 9. The predicted molar refractivity (Wildman–Crippen MR) is 94.6 cm³/mol. The molecule has 2 atom stereocenters. The van der Waals surface area contributed by atoms with Gasteiger partial charge in [0.1, 0.15) is 11.5 Å². The number of aliphatic hydroxyl groups is 1. The minimum Gasteiger partial charge on any atom is -0.450 e. The number of unbranched alkanes of at least 4 members (excludes halogenated alkanes) is 1. The third-order valence-electron chi connectivity index (χ3n) is 3.50. The number of aromatic nitrogens is 1. The second kappa shape index (κ2) is 9.62. The molecule has 2 unspecified atom stereocenters. The number of hydrogen-bond donors (Lipinski definition) is 4. The summed E-state index contributed by atoms with van der Waals surface area (Å²) in [5.41, 5.74) is 5.35. The molecule has 0 spiro atoms. The van der Waals surface area contributed by atoms with Gasteiger partial charge in [-0.05, 0) is 20.3 Å². The molecule has 10 nitrogen and oxygen atoms in total. The minimum absolute atomic E-state index is 0.0175. The van der Waals surface area contributed by atoms with Crippen LogP contribution in [0.5, 0.6) is 0 Å². The van der Waals surface area contributed by atoms with Crippen molar-refractivity contribution in [2.45, 2.75) is 52.2 Å². The number of ether oxygens (including phenoxy) is 1. The van der Waals surface area contributed by atoms with Gasteiger partial charge in [0.15, 0.2) is 0 Å². The van der Waals surface area contributed by atoms with Gasteiger partial charge in [-0.3, -0.25) is 15.4 Å². The first-order valence-corrected chi connectivity index (χ1v) is 8.13. The number of carbonyl (C=O) groups excluding carboxylic acids is 1. The van der Waals surface area contributed by atoms with Crippen LogP contribution in [0.2, 0.25) is 0 Å². The van der Waals surface area contributed by atoms with Crippen LogP contribution >= 0.6 is 0 Å². The molecule has 0 saturated heterocycles. The lowest BCUT2D eigenvalue weighted by Gasteiger charge is -2.23. The Balaban J connectivity index is 3.17. The summed E-state index contributed by atoms with van der Waals surface area (Å²) in [6.07, 6.45) is 0.898. The van der Waals surface area contributed by atoms with Crippen molar-refractivity contribution < 1.29 is 19.6 Å². The van der Waals surface area contributed by atoms with E-state index in [-0.39, 0.29) is 23.9 Å². The van der Waals surface area contributed by atoms with Crippen molar-refractivity contribution in [1.29, 1.82) is 0 Å². The van der Waals surface area contributed by atoms with Gasteiger partial charge in [-0.2, -0.15) is 0 Å². The Morgan fingerprint density at radius 3 is 2.72 bits per heavy atom. The normalized spacial score (nSPS) is 13.0. The van der Waals surface area contributed by atoms with Crippen molar-refractivity contribution in [2.75, 3.05) is 23.0 Å². The molecule has 5 N–H and O–H groups in total. The lowest BCUT2D eigenvalue weighted by atomic mass is 10.0. The van der Waals surface area contributed by atoms with E-state index in [4.69, 9.17) is 10.5 Å². The van der Waals surface area contributed by atoms with Gasteiger partial charge in [0, 0.05) is 6.07 Å². The maximum Gasteiger partial charge on any atom is 0.412 e. The molecule has 0 aromatic carbocycles. The first-order chi connectivity index (χ1) is 11.8. The molecule has 1 heterocycles. The Morgan fingerprint density at radius 1 is 1.52 bits per heavy atom. The van der Waals surface area contributed by atoms with Gasteiger partial charge in [0.05, 0.1) is 23.7 Å². The van der Waals surface area contributed by atoms with E-state index in [9.17, 15) is 20.0 Å². The molecule has 0 radical (unpaired) electrons. The Kier molecular flexibility index (Phi) is 7.86. The second-order valence-electron chi connectivity index (χ2n) is 5.53. The van der Waals surface area contributed by atoms with E-state index >= 15 is 0 Å². The largest absolute Gasteiger partial charge is 0.450 e. The summed E-state index contributed by atoms with van der Waals surface area (Å²) in [5.74, 6) is -0.328. The zero-order chi connectivity index (χ0) is 19.0. The lowest BCUT2D eigenvalue weighted by Crippen LogP contribution is -2.31. The molecular formula is C15H25N5O5. The number of nitro groups is 1. The topological polar surface area (TPSA) is 153 Å². The molecule has 25 heavy (non-hydrogen) atoms. The maximum absolute atomic E-state index is 11.5. The summed E-state index contributed by atoms with van der Waals surface area (Å²) >= 11 is 0. The van der Waals surface area contributed by atoms with Crippen LogP contribution in [0, 0.1) is 10.1 Å². The first-order valence-electron chi connectivity index (χ1n) is 8.13. The highest BCUT2D eigenvalue weighted by atomic mass is 16.6. The summed E-state index contributed by atoms with van der Waals surface area (Å²) in [6, 6.07) is 0.892. The molecule has 1 rings (SSSR count). The highest BCUT2D eigenvalue weighted by molar-refractivity contribution is 5.86. The fourth-order valence-corrected chi connectivity index (χ4v) is 2.25. The van der Waals surface area contributed by atoms with Crippen molar-refractivity contribution >= 4 is 29.1 Å². The van der Waals surface area contributed by atoms with Gasteiger partial charge in [-0.1, -0.05) is 19.8 Å².